The van der Waals surface area contributed by atoms with Crippen molar-refractivity contribution in [3.05, 3.63) is 71.0 Å². The largest absolute Gasteiger partial charge is 0.326 e. The lowest BCUT2D eigenvalue weighted by molar-refractivity contribution is -0.116. The quantitative estimate of drug-likeness (QED) is 0.589. The summed E-state index contributed by atoms with van der Waals surface area (Å²) in [6.45, 7) is 6.04. The van der Waals surface area contributed by atoms with Gasteiger partial charge in [0.1, 0.15) is 0 Å². The van der Waals surface area contributed by atoms with Crippen LogP contribution < -0.4 is 5.32 Å². The monoisotopic (exact) mass is 358 g/mol. The highest BCUT2D eigenvalue weighted by atomic mass is 16.1. The number of amides is 1. The number of carbonyl (C=O) groups excluding carboxylic acids is 1. The van der Waals surface area contributed by atoms with E-state index in [-0.39, 0.29) is 5.91 Å². The van der Waals surface area contributed by atoms with Crippen molar-refractivity contribution in [2.24, 2.45) is 0 Å². The summed E-state index contributed by atoms with van der Waals surface area (Å²) in [5.41, 5.74) is 6.80. The van der Waals surface area contributed by atoms with E-state index in [0.29, 0.717) is 12.8 Å². The number of hydrogen-bond donors (Lipinski definition) is 1. The first-order chi connectivity index (χ1) is 13.0. The number of para-hydroxylation sites is 1. The Hall–Kier alpha value is -3.21. The molecule has 0 atom stereocenters. The molecule has 4 aromatic rings. The third-order valence-corrected chi connectivity index (χ3v) is 5.04. The zero-order valence-corrected chi connectivity index (χ0v) is 15.8. The molecule has 2 heterocycles. The molecule has 0 saturated carbocycles. The smallest absolute Gasteiger partial charge is 0.224 e. The third kappa shape index (κ3) is 3.16. The van der Waals surface area contributed by atoms with E-state index in [1.807, 2.05) is 73.8 Å². The van der Waals surface area contributed by atoms with Crippen molar-refractivity contribution in [2.45, 2.75) is 33.6 Å². The van der Waals surface area contributed by atoms with Crippen molar-refractivity contribution in [1.29, 1.82) is 0 Å². The lowest BCUT2D eigenvalue weighted by Crippen LogP contribution is -2.15. The molecule has 4 rings (SSSR count). The summed E-state index contributed by atoms with van der Waals surface area (Å²) in [4.78, 5) is 17.2. The number of nitrogens with one attached hydrogen (secondary N) is 1. The van der Waals surface area contributed by atoms with Crippen molar-refractivity contribution in [3.8, 4) is 0 Å². The maximum atomic E-state index is 12.4. The molecule has 0 unspecified atom stereocenters. The fraction of sp³-hybridized carbons (Fsp3) is 0.227. The van der Waals surface area contributed by atoms with Gasteiger partial charge in [-0.1, -0.05) is 30.3 Å². The van der Waals surface area contributed by atoms with Crippen molar-refractivity contribution >= 4 is 28.1 Å². The zero-order valence-electron chi connectivity index (χ0n) is 15.8. The Morgan fingerprint density at radius 2 is 1.78 bits per heavy atom. The molecule has 0 bridgehead atoms. The number of nitrogens with zero attached hydrogens (tertiary/aromatic N) is 3. The Morgan fingerprint density at radius 3 is 2.59 bits per heavy atom. The average Bonchev–Trinajstić information content (AvgIpc) is 3.02. The number of hydrogen-bond acceptors (Lipinski definition) is 3. The van der Waals surface area contributed by atoms with E-state index in [9.17, 15) is 4.79 Å². The van der Waals surface area contributed by atoms with Crippen LogP contribution in [0.3, 0.4) is 0 Å². The summed E-state index contributed by atoms with van der Waals surface area (Å²) in [7, 11) is 0. The van der Waals surface area contributed by atoms with Crippen LogP contribution in [0.15, 0.2) is 48.5 Å². The number of aromatic nitrogens is 3. The minimum atomic E-state index is 0.00817. The van der Waals surface area contributed by atoms with Gasteiger partial charge in [-0.15, -0.1) is 0 Å². The van der Waals surface area contributed by atoms with Gasteiger partial charge in [0.2, 0.25) is 5.91 Å². The topological polar surface area (TPSA) is 59.3 Å². The summed E-state index contributed by atoms with van der Waals surface area (Å²) in [5.74, 6) is 0.00817. The first-order valence-corrected chi connectivity index (χ1v) is 9.13. The van der Waals surface area contributed by atoms with Gasteiger partial charge < -0.3 is 5.32 Å². The van der Waals surface area contributed by atoms with E-state index in [1.54, 1.807) is 0 Å². The highest BCUT2D eigenvalue weighted by Gasteiger charge is 2.15. The fourth-order valence-corrected chi connectivity index (χ4v) is 3.50. The number of anilines is 1. The molecule has 0 spiro atoms. The second-order valence-corrected chi connectivity index (χ2v) is 6.88. The van der Waals surface area contributed by atoms with Crippen LogP contribution >= 0.6 is 0 Å². The van der Waals surface area contributed by atoms with Gasteiger partial charge in [0.25, 0.3) is 0 Å². The van der Waals surface area contributed by atoms with Crippen LogP contribution in [0.2, 0.25) is 0 Å². The number of benzene rings is 2. The van der Waals surface area contributed by atoms with Gasteiger partial charge in [0.15, 0.2) is 5.65 Å². The fourth-order valence-electron chi connectivity index (χ4n) is 3.50. The number of aryl methyl sites for hydroxylation is 3. The standard InChI is InChI=1S/C22H22N4O/c1-14-8-4-6-10-19(14)24-21(27)13-12-17-15(2)23-22-18-9-5-7-11-20(18)25-26(22)16(17)3/h4-11H,12-13H2,1-3H3,(H,24,27). The predicted octanol–water partition coefficient (Wildman–Crippen LogP) is 4.38. The molecule has 5 nitrogen and oxygen atoms in total. The third-order valence-electron chi connectivity index (χ3n) is 5.04. The zero-order chi connectivity index (χ0) is 19.0. The second kappa shape index (κ2) is 6.83. The maximum absolute atomic E-state index is 12.4. The highest BCUT2D eigenvalue weighted by Crippen LogP contribution is 2.23. The molecular formula is C22H22N4O. The van der Waals surface area contributed by atoms with E-state index in [1.165, 1.54) is 0 Å². The van der Waals surface area contributed by atoms with Crippen LogP contribution in [-0.2, 0) is 11.2 Å². The van der Waals surface area contributed by atoms with E-state index < -0.39 is 0 Å². The van der Waals surface area contributed by atoms with Gasteiger partial charge in [-0.3, -0.25) is 4.79 Å². The van der Waals surface area contributed by atoms with Gasteiger partial charge >= 0.3 is 0 Å². The molecule has 2 aromatic carbocycles. The molecule has 0 fully saturated rings. The minimum absolute atomic E-state index is 0.00817. The van der Waals surface area contributed by atoms with Crippen LogP contribution in [0.25, 0.3) is 16.6 Å². The molecule has 1 N–H and O–H groups in total. The number of fused-ring (bicyclic) bond motifs is 3. The van der Waals surface area contributed by atoms with Gasteiger partial charge in [0, 0.05) is 28.9 Å². The normalized spacial score (nSPS) is 11.2. The molecule has 2 aromatic heterocycles. The van der Waals surface area contributed by atoms with Crippen molar-refractivity contribution in [2.75, 3.05) is 5.32 Å². The van der Waals surface area contributed by atoms with E-state index in [4.69, 9.17) is 4.98 Å². The van der Waals surface area contributed by atoms with Crippen LogP contribution in [0, 0.1) is 20.8 Å². The Morgan fingerprint density at radius 1 is 1.04 bits per heavy atom. The lowest BCUT2D eigenvalue weighted by atomic mass is 10.1. The first-order valence-electron chi connectivity index (χ1n) is 9.13. The molecule has 27 heavy (non-hydrogen) atoms. The van der Waals surface area contributed by atoms with Crippen LogP contribution in [-0.4, -0.2) is 20.5 Å². The Balaban J connectivity index is 1.59. The lowest BCUT2D eigenvalue weighted by Gasteiger charge is -2.12. The van der Waals surface area contributed by atoms with Crippen molar-refractivity contribution in [3.63, 3.8) is 0 Å². The predicted molar refractivity (Wildman–Crippen MR) is 108 cm³/mol. The number of rotatable bonds is 4. The SMILES string of the molecule is Cc1ccccc1NC(=O)CCc1c(C)nc2c3ccccc3nn2c1C. The molecular weight excluding hydrogens is 336 g/mol. The minimum Gasteiger partial charge on any atom is -0.326 e. The molecule has 136 valence electrons. The maximum Gasteiger partial charge on any atom is 0.224 e. The summed E-state index contributed by atoms with van der Waals surface area (Å²) in [5, 5.41) is 8.72. The van der Waals surface area contributed by atoms with Gasteiger partial charge in [-0.2, -0.15) is 5.10 Å². The van der Waals surface area contributed by atoms with Crippen molar-refractivity contribution in [1.82, 2.24) is 14.6 Å². The Bertz CT molecular complexity index is 1160. The van der Waals surface area contributed by atoms with Crippen LogP contribution in [0.5, 0.6) is 0 Å². The second-order valence-electron chi connectivity index (χ2n) is 6.88. The average molecular weight is 358 g/mol. The Kier molecular flexibility index (Phi) is 4.36. The molecule has 5 heteroatoms. The van der Waals surface area contributed by atoms with Gasteiger partial charge in [-0.25, -0.2) is 9.50 Å². The molecule has 0 aliphatic rings. The van der Waals surface area contributed by atoms with Crippen LogP contribution in [0.4, 0.5) is 5.69 Å². The molecule has 1 amide bonds. The molecule has 0 radical (unpaired) electrons. The van der Waals surface area contributed by atoms with Crippen LogP contribution in [0.1, 0.15) is 28.9 Å². The summed E-state index contributed by atoms with van der Waals surface area (Å²) in [6, 6.07) is 15.8. The van der Waals surface area contributed by atoms with Gasteiger partial charge in [-0.05, 0) is 56.5 Å². The molecule has 0 aliphatic heterocycles. The van der Waals surface area contributed by atoms with Gasteiger partial charge in [0.05, 0.1) is 5.52 Å². The summed E-state index contributed by atoms with van der Waals surface area (Å²) < 4.78 is 1.90. The summed E-state index contributed by atoms with van der Waals surface area (Å²) >= 11 is 0. The molecule has 0 aliphatic carbocycles. The van der Waals surface area contributed by atoms with Crippen molar-refractivity contribution < 1.29 is 4.79 Å². The number of carbonyl (C=O) groups is 1. The Labute approximate surface area is 158 Å². The van der Waals surface area contributed by atoms with E-state index in [2.05, 4.69) is 10.4 Å². The summed E-state index contributed by atoms with van der Waals surface area (Å²) in [6.07, 6.45) is 1.04. The van der Waals surface area contributed by atoms with E-state index in [0.717, 1.165) is 44.8 Å². The highest BCUT2D eigenvalue weighted by molar-refractivity contribution is 5.93. The molecule has 0 saturated heterocycles. The van der Waals surface area contributed by atoms with E-state index >= 15 is 0 Å². The first kappa shape index (κ1) is 17.2.